The third-order valence-electron chi connectivity index (χ3n) is 6.32. The standard InChI is InChI=1S/C19H33N3O/c1-3-16(4-2)22-11-10-19(13-20,14-22)17(18(21)23)12-15-8-6-5-7-9-15/h15-17H,3-12,14H2,1-2H3,(H2,21,23). The molecule has 2 rings (SSSR count). The Kier molecular flexibility index (Phi) is 6.47. The van der Waals surface area contributed by atoms with Gasteiger partial charge in [-0.25, -0.2) is 0 Å². The number of nitriles is 1. The van der Waals surface area contributed by atoms with E-state index in [0.717, 1.165) is 38.8 Å². The Morgan fingerprint density at radius 1 is 1.30 bits per heavy atom. The molecule has 0 aromatic carbocycles. The Morgan fingerprint density at radius 3 is 2.48 bits per heavy atom. The molecule has 0 aromatic heterocycles. The maximum atomic E-state index is 12.2. The first-order chi connectivity index (χ1) is 11.1. The van der Waals surface area contributed by atoms with Crippen molar-refractivity contribution in [1.82, 2.24) is 4.90 Å². The third-order valence-corrected chi connectivity index (χ3v) is 6.32. The minimum Gasteiger partial charge on any atom is -0.369 e. The normalized spacial score (nSPS) is 27.9. The summed E-state index contributed by atoms with van der Waals surface area (Å²) in [7, 11) is 0. The van der Waals surface area contributed by atoms with Gasteiger partial charge in [-0.05, 0) is 31.6 Å². The van der Waals surface area contributed by atoms with Gasteiger partial charge in [-0.3, -0.25) is 9.69 Å². The SMILES string of the molecule is CCC(CC)N1CCC(C#N)(C(CC2CCCCC2)C(N)=O)C1. The van der Waals surface area contributed by atoms with E-state index in [0.29, 0.717) is 12.0 Å². The summed E-state index contributed by atoms with van der Waals surface area (Å²) in [5.41, 5.74) is 5.21. The van der Waals surface area contributed by atoms with Crippen LogP contribution in [0.25, 0.3) is 0 Å². The zero-order valence-electron chi connectivity index (χ0n) is 14.9. The molecule has 4 heteroatoms. The van der Waals surface area contributed by atoms with Gasteiger partial charge in [-0.1, -0.05) is 46.0 Å². The lowest BCUT2D eigenvalue weighted by Gasteiger charge is -2.34. The van der Waals surface area contributed by atoms with E-state index in [2.05, 4.69) is 24.8 Å². The minimum atomic E-state index is -0.564. The molecule has 0 bridgehead atoms. The fraction of sp³-hybridized carbons (Fsp3) is 0.895. The zero-order chi connectivity index (χ0) is 16.9. The first-order valence-corrected chi connectivity index (χ1v) is 9.51. The van der Waals surface area contributed by atoms with Gasteiger partial charge in [0.05, 0.1) is 17.4 Å². The van der Waals surface area contributed by atoms with Crippen molar-refractivity contribution in [3.63, 3.8) is 0 Å². The lowest BCUT2D eigenvalue weighted by Crippen LogP contribution is -2.43. The summed E-state index contributed by atoms with van der Waals surface area (Å²) in [6.45, 7) is 6.05. The first-order valence-electron chi connectivity index (χ1n) is 9.51. The number of amides is 1. The molecule has 23 heavy (non-hydrogen) atoms. The van der Waals surface area contributed by atoms with Gasteiger partial charge in [-0.15, -0.1) is 0 Å². The fourth-order valence-electron chi connectivity index (χ4n) is 4.80. The Bertz CT molecular complexity index is 434. The maximum Gasteiger partial charge on any atom is 0.222 e. The maximum absolute atomic E-state index is 12.2. The molecule has 1 amide bonds. The lowest BCUT2D eigenvalue weighted by atomic mass is 9.69. The van der Waals surface area contributed by atoms with E-state index in [4.69, 9.17) is 5.73 Å². The van der Waals surface area contributed by atoms with Crippen LogP contribution >= 0.6 is 0 Å². The number of hydrogen-bond donors (Lipinski definition) is 1. The summed E-state index contributed by atoms with van der Waals surface area (Å²) in [6, 6.07) is 3.06. The molecule has 0 spiro atoms. The van der Waals surface area contributed by atoms with Gasteiger partial charge in [0.15, 0.2) is 0 Å². The lowest BCUT2D eigenvalue weighted by molar-refractivity contribution is -0.125. The van der Waals surface area contributed by atoms with Crippen LogP contribution in [0.5, 0.6) is 0 Å². The van der Waals surface area contributed by atoms with E-state index in [9.17, 15) is 10.1 Å². The van der Waals surface area contributed by atoms with E-state index in [1.54, 1.807) is 0 Å². The summed E-state index contributed by atoms with van der Waals surface area (Å²) in [5.74, 6) is 0.0344. The summed E-state index contributed by atoms with van der Waals surface area (Å²) in [4.78, 5) is 14.6. The van der Waals surface area contributed by atoms with Crippen molar-refractivity contribution in [2.75, 3.05) is 13.1 Å². The molecule has 2 fully saturated rings. The average molecular weight is 319 g/mol. The monoisotopic (exact) mass is 319 g/mol. The van der Waals surface area contributed by atoms with Gasteiger partial charge in [-0.2, -0.15) is 5.26 Å². The van der Waals surface area contributed by atoms with Crippen molar-refractivity contribution in [3.05, 3.63) is 0 Å². The third kappa shape index (κ3) is 4.07. The molecule has 1 aliphatic heterocycles. The predicted octanol–water partition coefficient (Wildman–Crippen LogP) is 3.46. The van der Waals surface area contributed by atoms with Crippen LogP contribution in [0.15, 0.2) is 0 Å². The number of primary amides is 1. The molecule has 2 unspecified atom stereocenters. The molecule has 1 heterocycles. The van der Waals surface area contributed by atoms with Crippen LogP contribution in [0.1, 0.15) is 71.6 Å². The molecular formula is C19H33N3O. The minimum absolute atomic E-state index is 0.261. The molecule has 1 saturated heterocycles. The fourth-order valence-corrected chi connectivity index (χ4v) is 4.80. The second-order valence-corrected chi connectivity index (χ2v) is 7.65. The highest BCUT2D eigenvalue weighted by atomic mass is 16.1. The van der Waals surface area contributed by atoms with E-state index in [-0.39, 0.29) is 11.8 Å². The first kappa shape index (κ1) is 18.3. The van der Waals surface area contributed by atoms with E-state index >= 15 is 0 Å². The molecule has 0 radical (unpaired) electrons. The predicted molar refractivity (Wildman–Crippen MR) is 92.5 cm³/mol. The van der Waals surface area contributed by atoms with Gasteiger partial charge in [0, 0.05) is 19.1 Å². The van der Waals surface area contributed by atoms with Crippen LogP contribution in [0, 0.1) is 28.6 Å². The second-order valence-electron chi connectivity index (χ2n) is 7.65. The Hall–Kier alpha value is -1.08. The van der Waals surface area contributed by atoms with Crippen LogP contribution < -0.4 is 5.73 Å². The van der Waals surface area contributed by atoms with Crippen molar-refractivity contribution in [2.24, 2.45) is 23.0 Å². The van der Waals surface area contributed by atoms with Crippen LogP contribution in [0.3, 0.4) is 0 Å². The number of nitrogens with zero attached hydrogens (tertiary/aromatic N) is 2. The number of rotatable bonds is 7. The van der Waals surface area contributed by atoms with Crippen molar-refractivity contribution in [1.29, 1.82) is 5.26 Å². The van der Waals surface area contributed by atoms with Crippen molar-refractivity contribution < 1.29 is 4.79 Å². The molecular weight excluding hydrogens is 286 g/mol. The average Bonchev–Trinajstić information content (AvgIpc) is 3.00. The van der Waals surface area contributed by atoms with Crippen molar-refractivity contribution >= 4 is 5.91 Å². The molecule has 2 atom stereocenters. The zero-order valence-corrected chi connectivity index (χ0v) is 14.9. The Balaban J connectivity index is 2.12. The van der Waals surface area contributed by atoms with Crippen LogP contribution in [-0.2, 0) is 4.79 Å². The van der Waals surface area contributed by atoms with Gasteiger partial charge < -0.3 is 5.73 Å². The molecule has 4 nitrogen and oxygen atoms in total. The van der Waals surface area contributed by atoms with Gasteiger partial charge >= 0.3 is 0 Å². The molecule has 130 valence electrons. The molecule has 0 aromatic rings. The second kappa shape index (κ2) is 8.15. The number of carbonyl (C=O) groups excluding carboxylic acids is 1. The van der Waals surface area contributed by atoms with Gasteiger partial charge in [0.25, 0.3) is 0 Å². The van der Waals surface area contributed by atoms with Crippen LogP contribution in [0.4, 0.5) is 0 Å². The topological polar surface area (TPSA) is 70.1 Å². The highest BCUT2D eigenvalue weighted by Crippen LogP contribution is 2.43. The largest absolute Gasteiger partial charge is 0.369 e. The van der Waals surface area contributed by atoms with Gasteiger partial charge in [0.2, 0.25) is 5.91 Å². The number of likely N-dealkylation sites (tertiary alicyclic amines) is 1. The van der Waals surface area contributed by atoms with Crippen molar-refractivity contribution in [2.45, 2.75) is 77.7 Å². The van der Waals surface area contributed by atoms with Gasteiger partial charge in [0.1, 0.15) is 0 Å². The molecule has 1 aliphatic carbocycles. The quantitative estimate of drug-likeness (QED) is 0.781. The summed E-state index contributed by atoms with van der Waals surface area (Å²) in [5, 5.41) is 9.93. The molecule has 1 saturated carbocycles. The van der Waals surface area contributed by atoms with Crippen molar-refractivity contribution in [3.8, 4) is 6.07 Å². The highest BCUT2D eigenvalue weighted by molar-refractivity contribution is 5.78. The summed E-state index contributed by atoms with van der Waals surface area (Å²) >= 11 is 0. The number of hydrogen-bond acceptors (Lipinski definition) is 3. The summed E-state index contributed by atoms with van der Waals surface area (Å²) in [6.07, 6.45) is 10.0. The van der Waals surface area contributed by atoms with E-state index in [1.807, 2.05) is 0 Å². The smallest absolute Gasteiger partial charge is 0.222 e. The summed E-state index contributed by atoms with van der Waals surface area (Å²) < 4.78 is 0. The Morgan fingerprint density at radius 2 is 1.96 bits per heavy atom. The number of carbonyl (C=O) groups is 1. The highest BCUT2D eigenvalue weighted by Gasteiger charge is 2.49. The van der Waals surface area contributed by atoms with Crippen LogP contribution in [-0.4, -0.2) is 29.9 Å². The molecule has 2 aliphatic rings. The van der Waals surface area contributed by atoms with E-state index in [1.165, 1.54) is 32.1 Å². The number of nitrogens with two attached hydrogens (primary N) is 1. The molecule has 2 N–H and O–H groups in total. The van der Waals surface area contributed by atoms with Crippen LogP contribution in [0.2, 0.25) is 0 Å². The Labute approximate surface area is 141 Å². The van der Waals surface area contributed by atoms with E-state index < -0.39 is 5.41 Å².